The summed E-state index contributed by atoms with van der Waals surface area (Å²) in [5.74, 6) is 0.602. The summed E-state index contributed by atoms with van der Waals surface area (Å²) < 4.78 is 0. The van der Waals surface area contributed by atoms with E-state index in [1.54, 1.807) is 0 Å². The Morgan fingerprint density at radius 1 is 1.33 bits per heavy atom. The first-order valence-corrected chi connectivity index (χ1v) is 6.28. The highest BCUT2D eigenvalue weighted by Gasteiger charge is 2.27. The fraction of sp³-hybridized carbons (Fsp3) is 1.00. The Bertz CT molecular complexity index is 184. The Balaban J connectivity index is 2.46. The van der Waals surface area contributed by atoms with Crippen LogP contribution in [0.5, 0.6) is 0 Å². The molecule has 1 aliphatic heterocycles. The molecule has 3 nitrogen and oxygen atoms in total. The van der Waals surface area contributed by atoms with Crippen molar-refractivity contribution in [1.29, 1.82) is 0 Å². The second-order valence-electron chi connectivity index (χ2n) is 4.93. The Hall–Kier alpha value is -0.120. The molecule has 0 spiro atoms. The van der Waals surface area contributed by atoms with Gasteiger partial charge in [-0.3, -0.25) is 9.80 Å². The van der Waals surface area contributed by atoms with Crippen LogP contribution in [0, 0.1) is 5.92 Å². The summed E-state index contributed by atoms with van der Waals surface area (Å²) in [4.78, 5) is 5.14. The molecule has 0 radical (unpaired) electrons. The van der Waals surface area contributed by atoms with Crippen molar-refractivity contribution < 1.29 is 0 Å². The van der Waals surface area contributed by atoms with Crippen molar-refractivity contribution in [2.24, 2.45) is 11.7 Å². The monoisotopic (exact) mass is 213 g/mol. The van der Waals surface area contributed by atoms with Crippen molar-refractivity contribution in [1.82, 2.24) is 9.80 Å². The van der Waals surface area contributed by atoms with E-state index >= 15 is 0 Å². The van der Waals surface area contributed by atoms with E-state index in [1.807, 2.05) is 0 Å². The van der Waals surface area contributed by atoms with Crippen LogP contribution in [0.25, 0.3) is 0 Å². The van der Waals surface area contributed by atoms with Crippen LogP contribution in [0.1, 0.15) is 27.7 Å². The van der Waals surface area contributed by atoms with Gasteiger partial charge in [0.25, 0.3) is 0 Å². The minimum Gasteiger partial charge on any atom is -0.330 e. The summed E-state index contributed by atoms with van der Waals surface area (Å²) in [5.41, 5.74) is 5.73. The van der Waals surface area contributed by atoms with Crippen molar-refractivity contribution >= 4 is 0 Å². The molecule has 0 aromatic carbocycles. The normalized spacial score (nSPS) is 29.0. The molecule has 0 aromatic heterocycles. The molecule has 1 saturated heterocycles. The van der Waals surface area contributed by atoms with E-state index < -0.39 is 0 Å². The number of hydrogen-bond donors (Lipinski definition) is 1. The number of nitrogens with zero attached hydrogens (tertiary/aromatic N) is 2. The van der Waals surface area contributed by atoms with Crippen LogP contribution in [0.2, 0.25) is 0 Å². The van der Waals surface area contributed by atoms with Crippen LogP contribution in [0.3, 0.4) is 0 Å². The fourth-order valence-corrected chi connectivity index (χ4v) is 2.42. The molecule has 0 saturated carbocycles. The van der Waals surface area contributed by atoms with Gasteiger partial charge in [-0.15, -0.1) is 0 Å². The van der Waals surface area contributed by atoms with Crippen molar-refractivity contribution in [2.45, 2.75) is 39.8 Å². The molecule has 3 unspecified atom stereocenters. The maximum atomic E-state index is 5.73. The van der Waals surface area contributed by atoms with Crippen LogP contribution in [-0.4, -0.2) is 54.6 Å². The van der Waals surface area contributed by atoms with Crippen LogP contribution in [0.15, 0.2) is 0 Å². The maximum absolute atomic E-state index is 5.73. The fourth-order valence-electron chi connectivity index (χ4n) is 2.42. The average Bonchev–Trinajstić information content (AvgIpc) is 2.26. The van der Waals surface area contributed by atoms with E-state index in [0.717, 1.165) is 6.54 Å². The first-order valence-electron chi connectivity index (χ1n) is 6.28. The van der Waals surface area contributed by atoms with Crippen LogP contribution in [0.4, 0.5) is 0 Å². The van der Waals surface area contributed by atoms with Crippen LogP contribution in [-0.2, 0) is 0 Å². The maximum Gasteiger partial charge on any atom is 0.0195 e. The number of nitrogens with two attached hydrogens (primary N) is 1. The molecule has 3 atom stereocenters. The van der Waals surface area contributed by atoms with Gasteiger partial charge < -0.3 is 5.73 Å². The molecule has 15 heavy (non-hydrogen) atoms. The lowest BCUT2D eigenvalue weighted by Crippen LogP contribution is -2.55. The molecular weight excluding hydrogens is 186 g/mol. The van der Waals surface area contributed by atoms with E-state index in [1.165, 1.54) is 26.2 Å². The molecule has 1 heterocycles. The molecule has 1 fully saturated rings. The Labute approximate surface area is 94.6 Å². The number of likely N-dealkylation sites (N-methyl/N-ethyl adjacent to an activating group) is 1. The lowest BCUT2D eigenvalue weighted by atomic mass is 10.0. The number of rotatable bonds is 4. The molecule has 90 valence electrons. The number of hydrogen-bond acceptors (Lipinski definition) is 3. The van der Waals surface area contributed by atoms with Gasteiger partial charge in [0.05, 0.1) is 0 Å². The van der Waals surface area contributed by atoms with E-state index in [0.29, 0.717) is 18.0 Å². The first-order chi connectivity index (χ1) is 7.10. The zero-order chi connectivity index (χ0) is 11.4. The quantitative estimate of drug-likeness (QED) is 0.756. The summed E-state index contributed by atoms with van der Waals surface area (Å²) in [6, 6.07) is 1.31. The second-order valence-corrected chi connectivity index (χ2v) is 4.93. The third-order valence-corrected chi connectivity index (χ3v) is 3.97. The van der Waals surface area contributed by atoms with Gasteiger partial charge in [-0.2, -0.15) is 0 Å². The predicted molar refractivity (Wildman–Crippen MR) is 66.0 cm³/mol. The minimum atomic E-state index is 0.602. The summed E-state index contributed by atoms with van der Waals surface area (Å²) in [6.07, 6.45) is 0. The van der Waals surface area contributed by atoms with Gasteiger partial charge in [0.1, 0.15) is 0 Å². The van der Waals surface area contributed by atoms with Gasteiger partial charge >= 0.3 is 0 Å². The summed E-state index contributed by atoms with van der Waals surface area (Å²) in [5, 5.41) is 0. The molecule has 0 amide bonds. The molecule has 0 aromatic rings. The molecule has 0 bridgehead atoms. The largest absolute Gasteiger partial charge is 0.330 e. The topological polar surface area (TPSA) is 32.5 Å². The van der Waals surface area contributed by atoms with Crippen molar-refractivity contribution in [2.75, 3.05) is 32.7 Å². The molecule has 0 aliphatic carbocycles. The van der Waals surface area contributed by atoms with Gasteiger partial charge in [-0.25, -0.2) is 0 Å². The zero-order valence-corrected chi connectivity index (χ0v) is 10.7. The van der Waals surface area contributed by atoms with Gasteiger partial charge in [-0.1, -0.05) is 13.8 Å². The molecule has 2 N–H and O–H groups in total. The SMILES string of the molecule is CCN1CCN(C(C)C(C)CN)CC1C. The third-order valence-electron chi connectivity index (χ3n) is 3.97. The van der Waals surface area contributed by atoms with Crippen molar-refractivity contribution in [3.05, 3.63) is 0 Å². The van der Waals surface area contributed by atoms with E-state index in [2.05, 4.69) is 37.5 Å². The predicted octanol–water partition coefficient (Wildman–Crippen LogP) is 0.996. The summed E-state index contributed by atoms with van der Waals surface area (Å²) >= 11 is 0. The van der Waals surface area contributed by atoms with Gasteiger partial charge in [0.2, 0.25) is 0 Å². The van der Waals surface area contributed by atoms with E-state index in [9.17, 15) is 0 Å². The van der Waals surface area contributed by atoms with E-state index in [4.69, 9.17) is 5.73 Å². The first kappa shape index (κ1) is 12.9. The standard InChI is InChI=1S/C12H27N3/c1-5-14-6-7-15(9-11(14)3)12(4)10(2)8-13/h10-12H,5-9,13H2,1-4H3. The molecule has 1 rings (SSSR count). The van der Waals surface area contributed by atoms with Crippen molar-refractivity contribution in [3.63, 3.8) is 0 Å². The molecule has 1 aliphatic rings. The third kappa shape index (κ3) is 3.16. The number of piperazine rings is 1. The van der Waals surface area contributed by atoms with Crippen LogP contribution >= 0.6 is 0 Å². The molecule has 3 heteroatoms. The Kier molecular flexibility index (Phi) is 5.03. The van der Waals surface area contributed by atoms with Gasteiger partial charge in [0.15, 0.2) is 0 Å². The second kappa shape index (κ2) is 5.83. The highest BCUT2D eigenvalue weighted by Crippen LogP contribution is 2.16. The minimum absolute atomic E-state index is 0.602. The summed E-state index contributed by atoms with van der Waals surface area (Å²) in [7, 11) is 0. The highest BCUT2D eigenvalue weighted by atomic mass is 15.3. The Morgan fingerprint density at radius 3 is 2.47 bits per heavy atom. The Morgan fingerprint density at radius 2 is 2.00 bits per heavy atom. The summed E-state index contributed by atoms with van der Waals surface area (Å²) in [6.45, 7) is 14.7. The lowest BCUT2D eigenvalue weighted by Gasteiger charge is -2.43. The van der Waals surface area contributed by atoms with E-state index in [-0.39, 0.29) is 0 Å². The molecular formula is C12H27N3. The highest BCUT2D eigenvalue weighted by molar-refractivity contribution is 4.83. The van der Waals surface area contributed by atoms with Gasteiger partial charge in [0, 0.05) is 31.7 Å². The van der Waals surface area contributed by atoms with Crippen molar-refractivity contribution in [3.8, 4) is 0 Å². The zero-order valence-electron chi connectivity index (χ0n) is 10.7. The average molecular weight is 213 g/mol. The van der Waals surface area contributed by atoms with Crippen LogP contribution < -0.4 is 5.73 Å². The lowest BCUT2D eigenvalue weighted by molar-refractivity contribution is 0.0487. The smallest absolute Gasteiger partial charge is 0.0195 e. The van der Waals surface area contributed by atoms with Gasteiger partial charge in [-0.05, 0) is 32.9 Å².